The van der Waals surface area contributed by atoms with E-state index in [4.69, 9.17) is 5.73 Å². The second-order valence-corrected chi connectivity index (χ2v) is 7.49. The fraction of sp³-hybridized carbons (Fsp3) is 0.750. The summed E-state index contributed by atoms with van der Waals surface area (Å²) in [5.41, 5.74) is 6.36. The molecule has 0 spiro atoms. The summed E-state index contributed by atoms with van der Waals surface area (Å²) in [5, 5.41) is 0. The molecule has 114 valence electrons. The van der Waals surface area contributed by atoms with Gasteiger partial charge in [0.05, 0.1) is 6.04 Å². The molecule has 2 rings (SSSR count). The second-order valence-electron chi connectivity index (χ2n) is 6.17. The lowest BCUT2D eigenvalue weighted by molar-refractivity contribution is 0.115. The van der Waals surface area contributed by atoms with E-state index in [0.29, 0.717) is 12.1 Å². The first-order valence-electron chi connectivity index (χ1n) is 7.79. The monoisotopic (exact) mass is 295 g/mol. The normalized spacial score (nSPS) is 25.4. The first-order chi connectivity index (χ1) is 9.52. The minimum atomic E-state index is 0.172. The molecule has 0 aromatic carbocycles. The molecule has 4 heteroatoms. The number of nitrogens with two attached hydrogens (primary N) is 1. The van der Waals surface area contributed by atoms with Crippen molar-refractivity contribution < 1.29 is 0 Å². The fourth-order valence-corrected chi connectivity index (χ4v) is 4.44. The van der Waals surface area contributed by atoms with Crippen LogP contribution in [0.4, 0.5) is 0 Å². The molecule has 3 nitrogen and oxygen atoms in total. The quantitative estimate of drug-likeness (QED) is 0.927. The highest BCUT2D eigenvalue weighted by molar-refractivity contribution is 7.12. The number of hydrogen-bond acceptors (Lipinski definition) is 4. The molecule has 1 aromatic heterocycles. The fourth-order valence-electron chi connectivity index (χ4n) is 3.33. The Labute approximate surface area is 127 Å². The van der Waals surface area contributed by atoms with Gasteiger partial charge in [-0.25, -0.2) is 0 Å². The Morgan fingerprint density at radius 1 is 1.40 bits per heavy atom. The molecule has 0 saturated carbocycles. The largest absolute Gasteiger partial charge is 0.326 e. The zero-order chi connectivity index (χ0) is 14.7. The SMILES string of the molecule is CCC1CN(C)CCCN1C(c1ccc(C)s1)C(C)N. The zero-order valence-electron chi connectivity index (χ0n) is 13.3. The molecule has 2 N–H and O–H groups in total. The van der Waals surface area contributed by atoms with E-state index in [-0.39, 0.29) is 6.04 Å². The van der Waals surface area contributed by atoms with Crippen molar-refractivity contribution in [2.45, 2.75) is 51.7 Å². The lowest BCUT2D eigenvalue weighted by atomic mass is 10.0. The third kappa shape index (κ3) is 3.61. The average molecular weight is 295 g/mol. The van der Waals surface area contributed by atoms with Crippen LogP contribution >= 0.6 is 11.3 Å². The van der Waals surface area contributed by atoms with Gasteiger partial charge in [0.2, 0.25) is 0 Å². The topological polar surface area (TPSA) is 32.5 Å². The van der Waals surface area contributed by atoms with E-state index < -0.39 is 0 Å². The van der Waals surface area contributed by atoms with Gasteiger partial charge >= 0.3 is 0 Å². The van der Waals surface area contributed by atoms with Crippen LogP contribution in [0.15, 0.2) is 12.1 Å². The summed E-state index contributed by atoms with van der Waals surface area (Å²) in [7, 11) is 2.24. The van der Waals surface area contributed by atoms with E-state index in [1.807, 2.05) is 11.3 Å². The summed E-state index contributed by atoms with van der Waals surface area (Å²) in [4.78, 5) is 7.94. The van der Waals surface area contributed by atoms with Gasteiger partial charge in [-0.3, -0.25) is 4.90 Å². The molecule has 1 aliphatic heterocycles. The van der Waals surface area contributed by atoms with Gasteiger partial charge in [-0.05, 0) is 52.4 Å². The molecule has 1 saturated heterocycles. The molecule has 0 aliphatic carbocycles. The maximum absolute atomic E-state index is 6.36. The van der Waals surface area contributed by atoms with Gasteiger partial charge in [0.25, 0.3) is 0 Å². The van der Waals surface area contributed by atoms with Crippen LogP contribution in [0.2, 0.25) is 0 Å². The third-order valence-electron chi connectivity index (χ3n) is 4.33. The Morgan fingerprint density at radius 2 is 2.15 bits per heavy atom. The smallest absolute Gasteiger partial charge is 0.0593 e. The van der Waals surface area contributed by atoms with Gasteiger partial charge in [-0.2, -0.15) is 0 Å². The summed E-state index contributed by atoms with van der Waals surface area (Å²) in [6.45, 7) is 10.1. The summed E-state index contributed by atoms with van der Waals surface area (Å²) in [5.74, 6) is 0. The zero-order valence-corrected chi connectivity index (χ0v) is 14.1. The minimum Gasteiger partial charge on any atom is -0.326 e. The molecule has 2 heterocycles. The van der Waals surface area contributed by atoms with Gasteiger partial charge in [0, 0.05) is 34.9 Å². The Kier molecular flexibility index (Phi) is 5.61. The van der Waals surface area contributed by atoms with Crippen LogP contribution in [-0.2, 0) is 0 Å². The van der Waals surface area contributed by atoms with Crippen molar-refractivity contribution in [3.63, 3.8) is 0 Å². The number of rotatable bonds is 4. The number of aryl methyl sites for hydroxylation is 1. The van der Waals surface area contributed by atoms with Gasteiger partial charge in [-0.15, -0.1) is 11.3 Å². The summed E-state index contributed by atoms with van der Waals surface area (Å²) >= 11 is 1.90. The van der Waals surface area contributed by atoms with Crippen LogP contribution < -0.4 is 5.73 Å². The van der Waals surface area contributed by atoms with E-state index in [1.165, 1.54) is 29.1 Å². The molecule has 3 unspecified atom stereocenters. The number of hydrogen-bond donors (Lipinski definition) is 1. The van der Waals surface area contributed by atoms with E-state index in [0.717, 1.165) is 13.1 Å². The van der Waals surface area contributed by atoms with Crippen LogP contribution in [-0.4, -0.2) is 48.6 Å². The Hall–Kier alpha value is -0.420. The Morgan fingerprint density at radius 3 is 2.70 bits per heavy atom. The molecular weight excluding hydrogens is 266 g/mol. The van der Waals surface area contributed by atoms with Crippen LogP contribution in [0.3, 0.4) is 0 Å². The van der Waals surface area contributed by atoms with Crippen LogP contribution in [0.25, 0.3) is 0 Å². The Balaban J connectivity index is 2.26. The van der Waals surface area contributed by atoms with Gasteiger partial charge < -0.3 is 10.6 Å². The third-order valence-corrected chi connectivity index (χ3v) is 5.40. The molecule has 0 bridgehead atoms. The Bertz CT molecular complexity index is 416. The predicted molar refractivity (Wildman–Crippen MR) is 88.3 cm³/mol. The molecule has 1 fully saturated rings. The van der Waals surface area contributed by atoms with Crippen molar-refractivity contribution in [1.82, 2.24) is 9.80 Å². The minimum absolute atomic E-state index is 0.172. The van der Waals surface area contributed by atoms with Gasteiger partial charge in [-0.1, -0.05) is 6.92 Å². The first kappa shape index (κ1) is 16.0. The number of likely N-dealkylation sites (N-methyl/N-ethyl adjacent to an activating group) is 1. The number of nitrogens with zero attached hydrogens (tertiary/aromatic N) is 2. The number of thiophene rings is 1. The molecule has 1 aliphatic rings. The molecular formula is C16H29N3S. The summed E-state index contributed by atoms with van der Waals surface area (Å²) in [6.07, 6.45) is 2.43. The van der Waals surface area contributed by atoms with Crippen molar-refractivity contribution in [3.8, 4) is 0 Å². The van der Waals surface area contributed by atoms with Gasteiger partial charge in [0.1, 0.15) is 0 Å². The van der Waals surface area contributed by atoms with Crippen LogP contribution in [0, 0.1) is 6.92 Å². The lowest BCUT2D eigenvalue weighted by Crippen LogP contribution is -2.47. The maximum atomic E-state index is 6.36. The van der Waals surface area contributed by atoms with Crippen molar-refractivity contribution >= 4 is 11.3 Å². The second kappa shape index (κ2) is 7.03. The van der Waals surface area contributed by atoms with Crippen LogP contribution in [0.1, 0.15) is 42.5 Å². The van der Waals surface area contributed by atoms with Crippen molar-refractivity contribution in [2.75, 3.05) is 26.7 Å². The van der Waals surface area contributed by atoms with E-state index in [9.17, 15) is 0 Å². The average Bonchev–Trinajstić information content (AvgIpc) is 2.71. The van der Waals surface area contributed by atoms with Crippen molar-refractivity contribution in [1.29, 1.82) is 0 Å². The standard InChI is InChI=1S/C16H29N3S/c1-5-14-11-18(4)9-6-10-19(14)16(13(3)17)15-8-7-12(2)20-15/h7-8,13-14,16H,5-6,9-11,17H2,1-4H3. The lowest BCUT2D eigenvalue weighted by Gasteiger charge is -2.38. The highest BCUT2D eigenvalue weighted by Crippen LogP contribution is 2.32. The molecule has 1 aromatic rings. The first-order valence-corrected chi connectivity index (χ1v) is 8.60. The summed E-state index contributed by atoms with van der Waals surface area (Å²) in [6, 6.07) is 5.65. The molecule has 0 amide bonds. The van der Waals surface area contributed by atoms with E-state index >= 15 is 0 Å². The van der Waals surface area contributed by atoms with E-state index in [1.54, 1.807) is 0 Å². The molecule has 3 atom stereocenters. The van der Waals surface area contributed by atoms with Crippen molar-refractivity contribution in [2.24, 2.45) is 5.73 Å². The highest BCUT2D eigenvalue weighted by atomic mass is 32.1. The van der Waals surface area contributed by atoms with Crippen molar-refractivity contribution in [3.05, 3.63) is 21.9 Å². The highest BCUT2D eigenvalue weighted by Gasteiger charge is 2.32. The van der Waals surface area contributed by atoms with Crippen LogP contribution in [0.5, 0.6) is 0 Å². The van der Waals surface area contributed by atoms with Gasteiger partial charge in [0.15, 0.2) is 0 Å². The predicted octanol–water partition coefficient (Wildman–Crippen LogP) is 2.86. The maximum Gasteiger partial charge on any atom is 0.0593 e. The van der Waals surface area contributed by atoms with E-state index in [2.05, 4.69) is 49.8 Å². The summed E-state index contributed by atoms with van der Waals surface area (Å²) < 4.78 is 0. The molecule has 0 radical (unpaired) electrons. The molecule has 20 heavy (non-hydrogen) atoms.